The van der Waals surface area contributed by atoms with E-state index in [9.17, 15) is 4.79 Å². The van der Waals surface area contributed by atoms with Crippen molar-refractivity contribution < 1.29 is 9.53 Å². The van der Waals surface area contributed by atoms with Gasteiger partial charge in [-0.05, 0) is 32.1 Å². The molecule has 2 aliphatic heterocycles. The van der Waals surface area contributed by atoms with E-state index in [4.69, 9.17) is 4.74 Å². The van der Waals surface area contributed by atoms with Gasteiger partial charge in [0.15, 0.2) is 0 Å². The number of carbonyl (C=O) groups excluding carboxylic acids is 1. The van der Waals surface area contributed by atoms with Crippen LogP contribution in [0.15, 0.2) is 0 Å². The molecule has 1 saturated carbocycles. The Hall–Kier alpha value is -0.610. The number of rotatable bonds is 2. The molecule has 1 spiro atoms. The lowest BCUT2D eigenvalue weighted by Crippen LogP contribution is -2.45. The van der Waals surface area contributed by atoms with Crippen molar-refractivity contribution in [2.45, 2.75) is 56.6 Å². The molecule has 1 aliphatic carbocycles. The van der Waals surface area contributed by atoms with Gasteiger partial charge in [0.25, 0.3) is 0 Å². The van der Waals surface area contributed by atoms with Crippen LogP contribution in [0.1, 0.15) is 44.9 Å². The molecule has 1 N–H and O–H groups in total. The molecule has 2 heterocycles. The zero-order valence-corrected chi connectivity index (χ0v) is 10.4. The maximum Gasteiger partial charge on any atom is 0.244 e. The first-order chi connectivity index (χ1) is 8.30. The van der Waals surface area contributed by atoms with Gasteiger partial charge in [-0.2, -0.15) is 0 Å². The van der Waals surface area contributed by atoms with Crippen LogP contribution < -0.4 is 5.32 Å². The van der Waals surface area contributed by atoms with Crippen molar-refractivity contribution >= 4 is 5.91 Å². The molecule has 3 rings (SSSR count). The quantitative estimate of drug-likeness (QED) is 0.787. The normalized spacial score (nSPS) is 32.6. The molecule has 3 fully saturated rings. The summed E-state index contributed by atoms with van der Waals surface area (Å²) in [5.74, 6) is 0.323. The number of hydrogen-bond donors (Lipinski definition) is 1. The zero-order valence-electron chi connectivity index (χ0n) is 10.4. The fourth-order valence-electron chi connectivity index (χ4n) is 3.41. The fraction of sp³-hybridized carbons (Fsp3) is 0.923. The predicted octanol–water partition coefficient (Wildman–Crippen LogP) is 1.26. The lowest BCUT2D eigenvalue weighted by atomic mass is 9.98. The highest BCUT2D eigenvalue weighted by Crippen LogP contribution is 2.34. The molecule has 0 aromatic rings. The minimum Gasteiger partial charge on any atom is -0.376 e. The zero-order chi connectivity index (χ0) is 11.7. The van der Waals surface area contributed by atoms with Gasteiger partial charge in [0.2, 0.25) is 5.91 Å². The monoisotopic (exact) mass is 238 g/mol. The summed E-state index contributed by atoms with van der Waals surface area (Å²) in [6, 6.07) is 0. The Balaban J connectivity index is 1.59. The van der Waals surface area contributed by atoms with Crippen molar-refractivity contribution in [2.75, 3.05) is 19.8 Å². The molecule has 4 nitrogen and oxygen atoms in total. The van der Waals surface area contributed by atoms with E-state index in [1.54, 1.807) is 0 Å². The third-order valence-electron chi connectivity index (χ3n) is 4.46. The summed E-state index contributed by atoms with van der Waals surface area (Å²) in [4.78, 5) is 14.4. The van der Waals surface area contributed by atoms with Crippen LogP contribution in [0.4, 0.5) is 0 Å². The first-order valence-corrected chi connectivity index (χ1v) is 6.96. The van der Waals surface area contributed by atoms with Gasteiger partial charge in [0.05, 0.1) is 18.3 Å². The third-order valence-corrected chi connectivity index (χ3v) is 4.46. The van der Waals surface area contributed by atoms with Gasteiger partial charge in [-0.25, -0.2) is 0 Å². The molecule has 0 bridgehead atoms. The standard InChI is InChI=1S/C13H22N2O2/c16-12-13(6-2-3-7-13)14-10-15(12)9-11-5-1-4-8-17-11/h11,14H,1-10H2. The molecule has 1 amide bonds. The molecule has 0 radical (unpaired) electrons. The molecule has 17 heavy (non-hydrogen) atoms. The van der Waals surface area contributed by atoms with Crippen molar-refractivity contribution in [3.05, 3.63) is 0 Å². The fourth-order valence-corrected chi connectivity index (χ4v) is 3.41. The minimum atomic E-state index is -0.200. The second-order valence-electron chi connectivity index (χ2n) is 5.64. The van der Waals surface area contributed by atoms with Gasteiger partial charge in [0.1, 0.15) is 0 Å². The number of carbonyl (C=O) groups is 1. The van der Waals surface area contributed by atoms with Crippen molar-refractivity contribution in [3.8, 4) is 0 Å². The van der Waals surface area contributed by atoms with E-state index >= 15 is 0 Å². The van der Waals surface area contributed by atoms with Crippen LogP contribution in [0, 0.1) is 0 Å². The van der Waals surface area contributed by atoms with E-state index in [0.29, 0.717) is 5.91 Å². The van der Waals surface area contributed by atoms with E-state index in [0.717, 1.165) is 39.1 Å². The van der Waals surface area contributed by atoms with E-state index in [2.05, 4.69) is 5.32 Å². The first-order valence-electron chi connectivity index (χ1n) is 6.96. The summed E-state index contributed by atoms with van der Waals surface area (Å²) in [5, 5.41) is 3.44. The summed E-state index contributed by atoms with van der Waals surface area (Å²) in [6.07, 6.45) is 8.21. The highest BCUT2D eigenvalue weighted by atomic mass is 16.5. The Morgan fingerprint density at radius 1 is 1.29 bits per heavy atom. The predicted molar refractivity (Wildman–Crippen MR) is 64.5 cm³/mol. The molecule has 96 valence electrons. The van der Waals surface area contributed by atoms with E-state index < -0.39 is 0 Å². The van der Waals surface area contributed by atoms with Gasteiger partial charge in [-0.15, -0.1) is 0 Å². The molecule has 1 atom stereocenters. The second-order valence-corrected chi connectivity index (χ2v) is 5.64. The lowest BCUT2D eigenvalue weighted by Gasteiger charge is -2.28. The largest absolute Gasteiger partial charge is 0.376 e. The Morgan fingerprint density at radius 3 is 2.82 bits per heavy atom. The summed E-state index contributed by atoms with van der Waals surface area (Å²) < 4.78 is 5.72. The summed E-state index contributed by atoms with van der Waals surface area (Å²) in [6.45, 7) is 2.37. The SMILES string of the molecule is O=C1N(CC2CCCCO2)CNC12CCCC2. The summed E-state index contributed by atoms with van der Waals surface area (Å²) in [7, 11) is 0. The molecule has 0 aromatic carbocycles. The minimum absolute atomic E-state index is 0.200. The summed E-state index contributed by atoms with van der Waals surface area (Å²) >= 11 is 0. The Labute approximate surface area is 103 Å². The number of hydrogen-bond acceptors (Lipinski definition) is 3. The van der Waals surface area contributed by atoms with Crippen molar-refractivity contribution in [1.82, 2.24) is 10.2 Å². The van der Waals surface area contributed by atoms with Crippen LogP contribution >= 0.6 is 0 Å². The third kappa shape index (κ3) is 2.08. The molecule has 3 aliphatic rings. The van der Waals surface area contributed by atoms with Gasteiger partial charge >= 0.3 is 0 Å². The second kappa shape index (κ2) is 4.58. The topological polar surface area (TPSA) is 41.6 Å². The van der Waals surface area contributed by atoms with Crippen molar-refractivity contribution in [1.29, 1.82) is 0 Å². The van der Waals surface area contributed by atoms with Crippen molar-refractivity contribution in [3.63, 3.8) is 0 Å². The van der Waals surface area contributed by atoms with E-state index in [1.807, 2.05) is 4.90 Å². The Morgan fingerprint density at radius 2 is 2.12 bits per heavy atom. The van der Waals surface area contributed by atoms with Gasteiger partial charge < -0.3 is 9.64 Å². The average molecular weight is 238 g/mol. The Bertz CT molecular complexity index is 294. The van der Waals surface area contributed by atoms with Crippen LogP contribution in [0.3, 0.4) is 0 Å². The molecule has 0 aromatic heterocycles. The number of nitrogens with one attached hydrogen (secondary N) is 1. The van der Waals surface area contributed by atoms with Gasteiger partial charge in [-0.3, -0.25) is 10.1 Å². The van der Waals surface area contributed by atoms with E-state index in [-0.39, 0.29) is 11.6 Å². The van der Waals surface area contributed by atoms with Crippen LogP contribution in [0.5, 0.6) is 0 Å². The maximum absolute atomic E-state index is 12.4. The number of ether oxygens (including phenoxy) is 1. The highest BCUT2D eigenvalue weighted by molar-refractivity contribution is 5.88. The van der Waals surface area contributed by atoms with Gasteiger partial charge in [0, 0.05) is 13.2 Å². The maximum atomic E-state index is 12.4. The smallest absolute Gasteiger partial charge is 0.244 e. The lowest BCUT2D eigenvalue weighted by molar-refractivity contribution is -0.134. The van der Waals surface area contributed by atoms with Crippen LogP contribution in [0.25, 0.3) is 0 Å². The van der Waals surface area contributed by atoms with E-state index in [1.165, 1.54) is 25.7 Å². The van der Waals surface area contributed by atoms with Crippen LogP contribution in [0.2, 0.25) is 0 Å². The molecular weight excluding hydrogens is 216 g/mol. The first kappa shape index (κ1) is 11.5. The average Bonchev–Trinajstić information content (AvgIpc) is 2.95. The van der Waals surface area contributed by atoms with Crippen molar-refractivity contribution in [2.24, 2.45) is 0 Å². The molecule has 1 unspecified atom stereocenters. The number of nitrogens with zero attached hydrogens (tertiary/aromatic N) is 1. The van der Waals surface area contributed by atoms with Crippen LogP contribution in [-0.4, -0.2) is 42.3 Å². The van der Waals surface area contributed by atoms with Gasteiger partial charge in [-0.1, -0.05) is 12.8 Å². The number of amides is 1. The Kier molecular flexibility index (Phi) is 3.09. The van der Waals surface area contributed by atoms with Crippen LogP contribution in [-0.2, 0) is 9.53 Å². The molecule has 4 heteroatoms. The summed E-state index contributed by atoms with van der Waals surface area (Å²) in [5.41, 5.74) is -0.200. The molecular formula is C13H22N2O2. The molecule has 2 saturated heterocycles. The highest BCUT2D eigenvalue weighted by Gasteiger charge is 2.48.